The van der Waals surface area contributed by atoms with E-state index in [2.05, 4.69) is 73.8 Å². The smallest absolute Gasteiger partial charge is 0.0589 e. The summed E-state index contributed by atoms with van der Waals surface area (Å²) < 4.78 is 7.97. The van der Waals surface area contributed by atoms with Crippen LogP contribution >= 0.6 is 47.8 Å². The zero-order valence-electron chi connectivity index (χ0n) is 9.84. The number of ether oxygens (including phenoxy) is 1. The molecule has 0 spiro atoms. The molecule has 3 atom stereocenters. The Balaban J connectivity index is 2.30. The van der Waals surface area contributed by atoms with E-state index in [1.54, 1.807) is 0 Å². The van der Waals surface area contributed by atoms with Crippen LogP contribution < -0.4 is 0 Å². The topological polar surface area (TPSA) is 9.23 Å². The van der Waals surface area contributed by atoms with Crippen molar-refractivity contribution in [1.29, 1.82) is 0 Å². The van der Waals surface area contributed by atoms with E-state index in [0.29, 0.717) is 16.8 Å². The van der Waals surface area contributed by atoms with E-state index in [9.17, 15) is 0 Å². The Hall–Kier alpha value is 0.620. The number of aryl methyl sites for hydroxylation is 1. The number of hydrogen-bond acceptors (Lipinski definition) is 1. The van der Waals surface area contributed by atoms with E-state index < -0.39 is 0 Å². The quantitative estimate of drug-likeness (QED) is 0.577. The van der Waals surface area contributed by atoms with Gasteiger partial charge in [0, 0.05) is 26.3 Å². The molecule has 0 radical (unpaired) electrons. The molecule has 1 fully saturated rings. The molecule has 2 rings (SSSR count). The van der Waals surface area contributed by atoms with Gasteiger partial charge in [0.2, 0.25) is 0 Å². The molecule has 94 valence electrons. The minimum atomic E-state index is 0.325. The fraction of sp³-hybridized carbons (Fsp3) is 0.538. The predicted octanol–water partition coefficient (Wildman–Crippen LogP) is 5.38. The molecule has 0 aliphatic carbocycles. The lowest BCUT2D eigenvalue weighted by Crippen LogP contribution is -2.16. The highest BCUT2D eigenvalue weighted by molar-refractivity contribution is 9.11. The Kier molecular flexibility index (Phi) is 4.73. The summed E-state index contributed by atoms with van der Waals surface area (Å²) in [7, 11) is 0. The van der Waals surface area contributed by atoms with Crippen molar-refractivity contribution < 1.29 is 4.74 Å². The number of rotatable bonds is 2. The fourth-order valence-corrected chi connectivity index (χ4v) is 4.68. The Labute approximate surface area is 128 Å². The van der Waals surface area contributed by atoms with E-state index in [-0.39, 0.29) is 0 Å². The molecule has 1 aliphatic rings. The van der Waals surface area contributed by atoms with Gasteiger partial charge in [-0.25, -0.2) is 0 Å². The first kappa shape index (κ1) is 14.0. The first-order chi connectivity index (χ1) is 8.00. The molecule has 0 amide bonds. The van der Waals surface area contributed by atoms with Gasteiger partial charge in [0.1, 0.15) is 0 Å². The largest absolute Gasteiger partial charge is 0.378 e. The average Bonchev–Trinajstić information content (AvgIpc) is 2.69. The van der Waals surface area contributed by atoms with Gasteiger partial charge in [-0.3, -0.25) is 0 Å². The number of halogens is 3. The lowest BCUT2D eigenvalue weighted by Gasteiger charge is -2.22. The van der Waals surface area contributed by atoms with Crippen LogP contribution in [0.3, 0.4) is 0 Å². The molecular formula is C13H15Br3O. The fourth-order valence-electron chi connectivity index (χ4n) is 2.24. The van der Waals surface area contributed by atoms with Gasteiger partial charge >= 0.3 is 0 Å². The summed E-state index contributed by atoms with van der Waals surface area (Å²) in [6, 6.07) is 4.36. The van der Waals surface area contributed by atoms with Crippen molar-refractivity contribution in [1.82, 2.24) is 0 Å². The predicted molar refractivity (Wildman–Crippen MR) is 81.8 cm³/mol. The summed E-state index contributed by atoms with van der Waals surface area (Å²) >= 11 is 11.1. The molecule has 0 N–H and O–H groups in total. The summed E-state index contributed by atoms with van der Waals surface area (Å²) in [5.41, 5.74) is 2.54. The highest BCUT2D eigenvalue weighted by Crippen LogP contribution is 2.43. The maximum absolute atomic E-state index is 5.64. The molecule has 1 saturated heterocycles. The first-order valence-electron chi connectivity index (χ1n) is 5.72. The molecule has 1 aliphatic heterocycles. The summed E-state index contributed by atoms with van der Waals surface area (Å²) in [6.45, 7) is 5.13. The third kappa shape index (κ3) is 2.96. The molecule has 1 nitrogen and oxygen atoms in total. The highest BCUT2D eigenvalue weighted by Gasteiger charge is 2.32. The third-order valence-electron chi connectivity index (χ3n) is 3.39. The number of benzene rings is 1. The molecule has 0 saturated carbocycles. The van der Waals surface area contributed by atoms with Crippen LogP contribution in [-0.2, 0) is 4.74 Å². The Morgan fingerprint density at radius 1 is 1.29 bits per heavy atom. The van der Waals surface area contributed by atoms with E-state index in [1.165, 1.54) is 15.6 Å². The Morgan fingerprint density at radius 2 is 2.00 bits per heavy atom. The van der Waals surface area contributed by atoms with Crippen molar-refractivity contribution in [2.45, 2.75) is 31.2 Å². The molecule has 17 heavy (non-hydrogen) atoms. The van der Waals surface area contributed by atoms with Crippen molar-refractivity contribution in [3.63, 3.8) is 0 Å². The average molecular weight is 427 g/mol. The molecule has 1 aromatic rings. The van der Waals surface area contributed by atoms with Gasteiger partial charge in [-0.2, -0.15) is 0 Å². The molecule has 3 unspecified atom stereocenters. The van der Waals surface area contributed by atoms with Crippen molar-refractivity contribution in [3.05, 3.63) is 32.2 Å². The van der Waals surface area contributed by atoms with Crippen LogP contribution in [0.5, 0.6) is 0 Å². The minimum Gasteiger partial charge on any atom is -0.378 e. The Bertz CT molecular complexity index is 419. The normalized spacial score (nSPS) is 26.2. The zero-order chi connectivity index (χ0) is 12.6. The minimum absolute atomic E-state index is 0.325. The highest BCUT2D eigenvalue weighted by atomic mass is 79.9. The van der Waals surface area contributed by atoms with Gasteiger partial charge in [0.15, 0.2) is 0 Å². The maximum atomic E-state index is 5.64. The third-order valence-corrected chi connectivity index (χ3v) is 6.10. The van der Waals surface area contributed by atoms with E-state index in [4.69, 9.17) is 4.74 Å². The van der Waals surface area contributed by atoms with E-state index >= 15 is 0 Å². The van der Waals surface area contributed by atoms with Crippen LogP contribution in [0, 0.1) is 12.8 Å². The van der Waals surface area contributed by atoms with Crippen LogP contribution in [0.2, 0.25) is 0 Å². The van der Waals surface area contributed by atoms with Crippen LogP contribution in [0.25, 0.3) is 0 Å². The van der Waals surface area contributed by atoms with Crippen LogP contribution in [0.4, 0.5) is 0 Å². The van der Waals surface area contributed by atoms with Gasteiger partial charge in [0.25, 0.3) is 0 Å². The maximum Gasteiger partial charge on any atom is 0.0589 e. The van der Waals surface area contributed by atoms with Gasteiger partial charge in [-0.15, -0.1) is 0 Å². The second-order valence-electron chi connectivity index (χ2n) is 4.55. The Morgan fingerprint density at radius 3 is 2.59 bits per heavy atom. The zero-order valence-corrected chi connectivity index (χ0v) is 14.6. The molecule has 1 heterocycles. The second-order valence-corrected chi connectivity index (χ2v) is 7.25. The SMILES string of the molecule is Cc1cc(Br)c(C(Br)C2CCOC2C)cc1Br. The first-order valence-corrected chi connectivity index (χ1v) is 8.22. The van der Waals surface area contributed by atoms with E-state index in [0.717, 1.165) is 17.5 Å². The molecule has 0 aromatic heterocycles. The number of hydrogen-bond donors (Lipinski definition) is 0. The van der Waals surface area contributed by atoms with Crippen molar-refractivity contribution in [2.24, 2.45) is 5.92 Å². The van der Waals surface area contributed by atoms with Crippen molar-refractivity contribution >= 4 is 47.8 Å². The summed E-state index contributed by atoms with van der Waals surface area (Å²) in [5.74, 6) is 0.543. The lowest BCUT2D eigenvalue weighted by atomic mass is 9.93. The van der Waals surface area contributed by atoms with Gasteiger partial charge in [-0.1, -0.05) is 47.8 Å². The van der Waals surface area contributed by atoms with Crippen LogP contribution in [0.15, 0.2) is 21.1 Å². The van der Waals surface area contributed by atoms with E-state index in [1.807, 2.05) is 0 Å². The summed E-state index contributed by atoms with van der Waals surface area (Å²) in [6.07, 6.45) is 1.45. The van der Waals surface area contributed by atoms with Gasteiger partial charge in [0.05, 0.1) is 6.10 Å². The van der Waals surface area contributed by atoms with Crippen LogP contribution in [0.1, 0.15) is 29.3 Å². The molecule has 0 bridgehead atoms. The summed E-state index contributed by atoms with van der Waals surface area (Å²) in [4.78, 5) is 0.339. The van der Waals surface area contributed by atoms with Gasteiger partial charge < -0.3 is 4.74 Å². The summed E-state index contributed by atoms with van der Waals surface area (Å²) in [5, 5.41) is 0. The monoisotopic (exact) mass is 424 g/mol. The standard InChI is InChI=1S/C13H15Br3O/c1-7-5-12(15)10(6-11(7)14)13(16)9-3-4-17-8(9)2/h5-6,8-9,13H,3-4H2,1-2H3. The van der Waals surface area contributed by atoms with Gasteiger partial charge in [-0.05, 0) is 43.5 Å². The van der Waals surface area contributed by atoms with Crippen molar-refractivity contribution in [3.8, 4) is 0 Å². The van der Waals surface area contributed by atoms with Crippen molar-refractivity contribution in [2.75, 3.05) is 6.61 Å². The number of alkyl halides is 1. The second kappa shape index (κ2) is 5.72. The lowest BCUT2D eigenvalue weighted by molar-refractivity contribution is 0.105. The molecule has 4 heteroatoms. The molecular weight excluding hydrogens is 412 g/mol. The molecule has 1 aromatic carbocycles. The van der Waals surface area contributed by atoms with Crippen LogP contribution in [-0.4, -0.2) is 12.7 Å².